The molecule has 0 atom stereocenters. The molecule has 0 fully saturated rings. The van der Waals surface area contributed by atoms with Crippen molar-refractivity contribution >= 4 is 34.6 Å². The number of carbonyl (C=O) groups excluding carboxylic acids is 1. The standard InChI is InChI=1S/C18H15IN2O2/c1-23-17-8-7-14(10-16(17)19)9-15(11-20)18(22)21-12-13-5-3-2-4-6-13/h2-10H,12H2,1H3,(H,21,22)/b15-9+. The van der Waals surface area contributed by atoms with E-state index < -0.39 is 0 Å². The maximum absolute atomic E-state index is 12.1. The zero-order chi connectivity index (χ0) is 16.7. The summed E-state index contributed by atoms with van der Waals surface area (Å²) in [5, 5.41) is 12.0. The Balaban J connectivity index is 2.10. The summed E-state index contributed by atoms with van der Waals surface area (Å²) < 4.78 is 6.11. The van der Waals surface area contributed by atoms with Crippen LogP contribution in [0.2, 0.25) is 0 Å². The van der Waals surface area contributed by atoms with E-state index in [4.69, 9.17) is 4.74 Å². The van der Waals surface area contributed by atoms with Crippen LogP contribution in [-0.2, 0) is 11.3 Å². The second-order valence-electron chi connectivity index (χ2n) is 4.73. The SMILES string of the molecule is COc1ccc(/C=C(\C#N)C(=O)NCc2ccccc2)cc1I. The highest BCUT2D eigenvalue weighted by atomic mass is 127. The van der Waals surface area contributed by atoms with E-state index in [0.29, 0.717) is 6.54 Å². The van der Waals surface area contributed by atoms with Crippen LogP contribution in [0.5, 0.6) is 5.75 Å². The molecule has 0 spiro atoms. The van der Waals surface area contributed by atoms with Gasteiger partial charge in [-0.05, 0) is 51.9 Å². The molecule has 2 aromatic rings. The minimum Gasteiger partial charge on any atom is -0.496 e. The van der Waals surface area contributed by atoms with Gasteiger partial charge in [0.25, 0.3) is 5.91 Å². The van der Waals surface area contributed by atoms with Crippen molar-refractivity contribution in [1.82, 2.24) is 5.32 Å². The lowest BCUT2D eigenvalue weighted by Crippen LogP contribution is -2.23. The monoisotopic (exact) mass is 418 g/mol. The molecule has 116 valence electrons. The molecule has 23 heavy (non-hydrogen) atoms. The molecule has 0 aliphatic heterocycles. The molecule has 0 saturated heterocycles. The van der Waals surface area contributed by atoms with Gasteiger partial charge in [0.15, 0.2) is 0 Å². The largest absolute Gasteiger partial charge is 0.496 e. The Morgan fingerprint density at radius 2 is 2.04 bits per heavy atom. The summed E-state index contributed by atoms with van der Waals surface area (Å²) >= 11 is 2.15. The van der Waals surface area contributed by atoms with Crippen molar-refractivity contribution in [1.29, 1.82) is 5.26 Å². The van der Waals surface area contributed by atoms with Gasteiger partial charge >= 0.3 is 0 Å². The van der Waals surface area contributed by atoms with E-state index in [1.54, 1.807) is 13.2 Å². The Morgan fingerprint density at radius 1 is 1.30 bits per heavy atom. The van der Waals surface area contributed by atoms with Gasteiger partial charge in [0, 0.05) is 6.54 Å². The van der Waals surface area contributed by atoms with E-state index in [2.05, 4.69) is 27.9 Å². The van der Waals surface area contributed by atoms with Gasteiger partial charge in [-0.3, -0.25) is 4.79 Å². The van der Waals surface area contributed by atoms with E-state index in [0.717, 1.165) is 20.4 Å². The zero-order valence-electron chi connectivity index (χ0n) is 12.5. The van der Waals surface area contributed by atoms with E-state index in [1.807, 2.05) is 54.6 Å². The fourth-order valence-electron chi connectivity index (χ4n) is 1.96. The third-order valence-electron chi connectivity index (χ3n) is 3.15. The molecule has 0 aliphatic carbocycles. The number of nitriles is 1. The third-order valence-corrected chi connectivity index (χ3v) is 3.99. The predicted octanol–water partition coefficient (Wildman–Crippen LogP) is 3.52. The van der Waals surface area contributed by atoms with Gasteiger partial charge in [0.05, 0.1) is 10.7 Å². The van der Waals surface area contributed by atoms with Gasteiger partial charge in [-0.25, -0.2) is 0 Å². The number of rotatable bonds is 5. The van der Waals surface area contributed by atoms with Crippen LogP contribution < -0.4 is 10.1 Å². The highest BCUT2D eigenvalue weighted by molar-refractivity contribution is 14.1. The van der Waals surface area contributed by atoms with Crippen LogP contribution in [0.25, 0.3) is 6.08 Å². The van der Waals surface area contributed by atoms with E-state index in [9.17, 15) is 10.1 Å². The van der Waals surface area contributed by atoms with Crippen LogP contribution in [0, 0.1) is 14.9 Å². The van der Waals surface area contributed by atoms with Crippen LogP contribution in [-0.4, -0.2) is 13.0 Å². The molecule has 0 bridgehead atoms. The second kappa shape index (κ2) is 8.34. The normalized spacial score (nSPS) is 10.7. The second-order valence-corrected chi connectivity index (χ2v) is 5.89. The Labute approximate surface area is 148 Å². The number of nitrogens with one attached hydrogen (secondary N) is 1. The van der Waals surface area contributed by atoms with Crippen LogP contribution in [0.3, 0.4) is 0 Å². The van der Waals surface area contributed by atoms with Crippen molar-refractivity contribution in [2.75, 3.05) is 7.11 Å². The van der Waals surface area contributed by atoms with Gasteiger partial charge in [0.1, 0.15) is 17.4 Å². The number of carbonyl (C=O) groups is 1. The quantitative estimate of drug-likeness (QED) is 0.459. The van der Waals surface area contributed by atoms with Gasteiger partial charge < -0.3 is 10.1 Å². The summed E-state index contributed by atoms with van der Waals surface area (Å²) in [5.41, 5.74) is 1.83. The molecule has 0 unspecified atom stereocenters. The smallest absolute Gasteiger partial charge is 0.262 e. The lowest BCUT2D eigenvalue weighted by atomic mass is 10.1. The fraction of sp³-hybridized carbons (Fsp3) is 0.111. The molecule has 0 saturated carbocycles. The highest BCUT2D eigenvalue weighted by Crippen LogP contribution is 2.22. The minimum atomic E-state index is -0.387. The molecule has 4 nitrogen and oxygen atoms in total. The summed E-state index contributed by atoms with van der Waals surface area (Å²) in [6.07, 6.45) is 1.57. The number of ether oxygens (including phenoxy) is 1. The maximum Gasteiger partial charge on any atom is 0.262 e. The van der Waals surface area contributed by atoms with Crippen molar-refractivity contribution in [3.8, 4) is 11.8 Å². The first kappa shape index (κ1) is 17.0. The van der Waals surface area contributed by atoms with Crippen molar-refractivity contribution < 1.29 is 9.53 Å². The number of amides is 1. The minimum absolute atomic E-state index is 0.0712. The first-order chi connectivity index (χ1) is 11.1. The summed E-state index contributed by atoms with van der Waals surface area (Å²) in [6, 6.07) is 17.0. The number of hydrogen-bond donors (Lipinski definition) is 1. The molecule has 2 aromatic carbocycles. The van der Waals surface area contributed by atoms with Crippen LogP contribution in [0.1, 0.15) is 11.1 Å². The van der Waals surface area contributed by atoms with Crippen molar-refractivity contribution in [3.05, 3.63) is 68.8 Å². The van der Waals surface area contributed by atoms with Crippen molar-refractivity contribution in [2.45, 2.75) is 6.54 Å². The number of halogens is 1. The van der Waals surface area contributed by atoms with Crippen molar-refractivity contribution in [3.63, 3.8) is 0 Å². The summed E-state index contributed by atoms with van der Waals surface area (Å²) in [7, 11) is 1.60. The Kier molecular flexibility index (Phi) is 6.18. The average molecular weight is 418 g/mol. The van der Waals surface area contributed by atoms with Gasteiger partial charge in [-0.1, -0.05) is 36.4 Å². The lowest BCUT2D eigenvalue weighted by molar-refractivity contribution is -0.117. The molecule has 0 aliphatic rings. The molecule has 0 aromatic heterocycles. The summed E-state index contributed by atoms with van der Waals surface area (Å²) in [5.74, 6) is 0.372. The van der Waals surface area contributed by atoms with Crippen LogP contribution >= 0.6 is 22.6 Å². The molecular formula is C18H15IN2O2. The fourth-order valence-corrected chi connectivity index (χ4v) is 2.72. The molecular weight excluding hydrogens is 403 g/mol. The van der Waals surface area contributed by atoms with Crippen molar-refractivity contribution in [2.24, 2.45) is 0 Å². The third kappa shape index (κ3) is 4.83. The van der Waals surface area contributed by atoms with E-state index in [-0.39, 0.29) is 11.5 Å². The molecule has 1 N–H and O–H groups in total. The van der Waals surface area contributed by atoms with Crippen LogP contribution in [0.15, 0.2) is 54.1 Å². The van der Waals surface area contributed by atoms with Crippen LogP contribution in [0.4, 0.5) is 0 Å². The van der Waals surface area contributed by atoms with Gasteiger partial charge in [-0.2, -0.15) is 5.26 Å². The number of hydrogen-bond acceptors (Lipinski definition) is 3. The topological polar surface area (TPSA) is 62.1 Å². The predicted molar refractivity (Wildman–Crippen MR) is 97.6 cm³/mol. The lowest BCUT2D eigenvalue weighted by Gasteiger charge is -2.06. The number of methoxy groups -OCH3 is 1. The number of nitrogens with zero attached hydrogens (tertiary/aromatic N) is 1. The average Bonchev–Trinajstić information content (AvgIpc) is 2.58. The first-order valence-electron chi connectivity index (χ1n) is 6.91. The first-order valence-corrected chi connectivity index (χ1v) is 7.99. The number of benzene rings is 2. The molecule has 2 rings (SSSR count). The Hall–Kier alpha value is -2.33. The van der Waals surface area contributed by atoms with Gasteiger partial charge in [0.2, 0.25) is 0 Å². The van der Waals surface area contributed by atoms with Gasteiger partial charge in [-0.15, -0.1) is 0 Å². The molecule has 5 heteroatoms. The molecule has 0 radical (unpaired) electrons. The maximum atomic E-state index is 12.1. The molecule has 1 amide bonds. The zero-order valence-corrected chi connectivity index (χ0v) is 14.7. The molecule has 0 heterocycles. The van der Waals surface area contributed by atoms with E-state index in [1.165, 1.54) is 0 Å². The Morgan fingerprint density at radius 3 is 2.65 bits per heavy atom. The van der Waals surface area contributed by atoms with E-state index >= 15 is 0 Å². The summed E-state index contributed by atoms with van der Waals surface area (Å²) in [4.78, 5) is 12.1. The highest BCUT2D eigenvalue weighted by Gasteiger charge is 2.09. The Bertz CT molecular complexity index is 764. The summed E-state index contributed by atoms with van der Waals surface area (Å²) in [6.45, 7) is 0.388.